The minimum Gasteiger partial charge on any atom is -0.509 e. The number of nitrogens with one attached hydrogen (secondary N) is 1. The van der Waals surface area contributed by atoms with Crippen molar-refractivity contribution in [2.75, 3.05) is 51.8 Å². The van der Waals surface area contributed by atoms with Crippen molar-refractivity contribution in [3.05, 3.63) is 82.5 Å². The first-order valence-corrected chi connectivity index (χ1v) is 15.6. The minimum atomic E-state index is -4.99. The number of benzene rings is 2. The van der Waals surface area contributed by atoms with Gasteiger partial charge in [-0.2, -0.15) is 30.7 Å². The van der Waals surface area contributed by atoms with Gasteiger partial charge in [0.2, 0.25) is 5.82 Å². The van der Waals surface area contributed by atoms with Gasteiger partial charge in [0.05, 0.1) is 42.2 Å². The van der Waals surface area contributed by atoms with Crippen LogP contribution in [0.5, 0.6) is 5.75 Å². The van der Waals surface area contributed by atoms with Crippen molar-refractivity contribution in [2.24, 2.45) is 0 Å². The van der Waals surface area contributed by atoms with E-state index in [0.717, 1.165) is 11.1 Å². The summed E-state index contributed by atoms with van der Waals surface area (Å²) < 4.78 is 122. The molecule has 280 valence electrons. The summed E-state index contributed by atoms with van der Waals surface area (Å²) in [6.07, 6.45) is -9.46. The van der Waals surface area contributed by atoms with Crippen LogP contribution in [0.3, 0.4) is 0 Å². The number of amides is 2. The highest BCUT2D eigenvalue weighted by Gasteiger charge is 2.46. The SMILES string of the molecule is CN1N(Cc2ccc(OCCN3CCOCC3)c(F)c2F)C(=O)C(C(=O)Nc2ccc(C(F)(F)F)cc2-c2cc(C(F)(F)F)ncn2)=C(O)C1(C)C. The Bertz CT molecular complexity index is 1880. The van der Waals surface area contributed by atoms with E-state index in [2.05, 4.69) is 15.3 Å². The third-order valence-electron chi connectivity index (χ3n) is 8.71. The van der Waals surface area contributed by atoms with Crippen LogP contribution in [0, 0.1) is 11.6 Å². The maximum Gasteiger partial charge on any atom is 0.433 e. The van der Waals surface area contributed by atoms with Crippen LogP contribution in [0.1, 0.15) is 30.7 Å². The molecule has 2 N–H and O–H groups in total. The maximum atomic E-state index is 15.4. The fourth-order valence-corrected chi connectivity index (χ4v) is 5.47. The Morgan fingerprint density at radius 2 is 1.69 bits per heavy atom. The number of nitrogens with zero attached hydrogens (tertiary/aromatic N) is 5. The van der Waals surface area contributed by atoms with Crippen LogP contribution < -0.4 is 10.1 Å². The molecule has 11 nitrogen and oxygen atoms in total. The number of aliphatic hydroxyl groups excluding tert-OH is 1. The first-order valence-electron chi connectivity index (χ1n) is 15.6. The number of likely N-dealkylation sites (N-methyl/N-ethyl adjacent to an activating group) is 1. The highest BCUT2D eigenvalue weighted by atomic mass is 19.4. The van der Waals surface area contributed by atoms with Gasteiger partial charge in [0, 0.05) is 37.8 Å². The summed E-state index contributed by atoms with van der Waals surface area (Å²) >= 11 is 0. The van der Waals surface area contributed by atoms with Crippen LogP contribution in [0.25, 0.3) is 11.3 Å². The molecule has 2 aliphatic rings. The molecule has 2 aliphatic heterocycles. The van der Waals surface area contributed by atoms with Gasteiger partial charge in [0.1, 0.15) is 30.0 Å². The lowest BCUT2D eigenvalue weighted by atomic mass is 9.93. The summed E-state index contributed by atoms with van der Waals surface area (Å²) in [7, 11) is 1.33. The second kappa shape index (κ2) is 14.6. The molecule has 52 heavy (non-hydrogen) atoms. The summed E-state index contributed by atoms with van der Waals surface area (Å²) in [5, 5.41) is 15.3. The Hall–Kier alpha value is -4.88. The average molecular weight is 745 g/mol. The van der Waals surface area contributed by atoms with Crippen LogP contribution in [0.15, 0.2) is 54.1 Å². The van der Waals surface area contributed by atoms with E-state index >= 15 is 8.78 Å². The Labute approximate surface area is 291 Å². The molecule has 0 radical (unpaired) electrons. The Morgan fingerprint density at radius 3 is 2.35 bits per heavy atom. The molecule has 0 aliphatic carbocycles. The molecule has 0 bridgehead atoms. The van der Waals surface area contributed by atoms with Crippen molar-refractivity contribution in [3.63, 3.8) is 0 Å². The largest absolute Gasteiger partial charge is 0.509 e. The predicted molar refractivity (Wildman–Crippen MR) is 167 cm³/mol. The molecular weight excluding hydrogens is 712 g/mol. The number of ether oxygens (including phenoxy) is 2. The van der Waals surface area contributed by atoms with E-state index in [4.69, 9.17) is 9.47 Å². The average Bonchev–Trinajstić information content (AvgIpc) is 3.08. The quantitative estimate of drug-likeness (QED) is 0.214. The van der Waals surface area contributed by atoms with Gasteiger partial charge in [-0.3, -0.25) is 19.5 Å². The lowest BCUT2D eigenvalue weighted by Gasteiger charge is -2.46. The summed E-state index contributed by atoms with van der Waals surface area (Å²) in [6, 6.07) is 4.47. The summed E-state index contributed by atoms with van der Waals surface area (Å²) in [6.45, 7) is 5.03. The van der Waals surface area contributed by atoms with E-state index in [1.807, 2.05) is 4.90 Å². The molecule has 1 saturated heterocycles. The zero-order valence-corrected chi connectivity index (χ0v) is 27.8. The van der Waals surface area contributed by atoms with Crippen molar-refractivity contribution in [3.8, 4) is 17.0 Å². The van der Waals surface area contributed by atoms with Crippen LogP contribution in [-0.2, 0) is 33.2 Å². The number of alkyl halides is 6. The molecule has 1 aromatic heterocycles. The smallest absolute Gasteiger partial charge is 0.433 e. The number of hydrogen-bond donors (Lipinski definition) is 2. The topological polar surface area (TPSA) is 120 Å². The third-order valence-corrected chi connectivity index (χ3v) is 8.71. The van der Waals surface area contributed by atoms with E-state index in [0.29, 0.717) is 57.4 Å². The van der Waals surface area contributed by atoms with E-state index in [1.54, 1.807) is 0 Å². The number of carbonyl (C=O) groups is 2. The number of hydrazine groups is 1. The molecule has 0 unspecified atom stereocenters. The van der Waals surface area contributed by atoms with Gasteiger partial charge in [-0.25, -0.2) is 19.4 Å². The predicted octanol–water partition coefficient (Wildman–Crippen LogP) is 5.59. The lowest BCUT2D eigenvalue weighted by Crippen LogP contribution is -2.60. The number of aliphatic hydroxyl groups is 1. The van der Waals surface area contributed by atoms with Gasteiger partial charge in [-0.05, 0) is 44.2 Å². The number of halogens is 8. The van der Waals surface area contributed by atoms with Gasteiger partial charge in [0.25, 0.3) is 11.8 Å². The zero-order valence-electron chi connectivity index (χ0n) is 27.8. The van der Waals surface area contributed by atoms with Gasteiger partial charge in [-0.1, -0.05) is 6.07 Å². The molecular formula is C33H32F8N6O5. The van der Waals surface area contributed by atoms with E-state index < -0.39 is 87.4 Å². The lowest BCUT2D eigenvalue weighted by molar-refractivity contribution is -0.160. The minimum absolute atomic E-state index is 0.0567. The molecule has 1 fully saturated rings. The molecule has 0 atom stereocenters. The van der Waals surface area contributed by atoms with Crippen molar-refractivity contribution in [1.82, 2.24) is 24.9 Å². The van der Waals surface area contributed by atoms with Crippen molar-refractivity contribution >= 4 is 17.5 Å². The molecule has 2 amide bonds. The van der Waals surface area contributed by atoms with Crippen LogP contribution in [0.4, 0.5) is 40.8 Å². The molecule has 0 saturated carbocycles. The Balaban J connectivity index is 1.42. The fraction of sp³-hybridized carbons (Fsp3) is 0.394. The van der Waals surface area contributed by atoms with Crippen LogP contribution in [-0.4, -0.2) is 93.8 Å². The maximum absolute atomic E-state index is 15.4. The normalized spacial score (nSPS) is 17.4. The number of rotatable bonds is 9. The number of aromatic nitrogens is 2. The number of hydrogen-bond acceptors (Lipinski definition) is 9. The van der Waals surface area contributed by atoms with Gasteiger partial charge < -0.3 is 19.9 Å². The summed E-state index contributed by atoms with van der Waals surface area (Å²) in [4.78, 5) is 36.2. The summed E-state index contributed by atoms with van der Waals surface area (Å²) in [5.74, 6) is -6.41. The Morgan fingerprint density at radius 1 is 1.00 bits per heavy atom. The second-order valence-corrected chi connectivity index (χ2v) is 12.3. The van der Waals surface area contributed by atoms with E-state index in [1.165, 1.54) is 38.0 Å². The number of morpholine rings is 1. The highest BCUT2D eigenvalue weighted by molar-refractivity contribution is 6.24. The zero-order chi connectivity index (χ0) is 38.2. The summed E-state index contributed by atoms with van der Waals surface area (Å²) in [5.41, 5.74) is -7.33. The first-order chi connectivity index (χ1) is 24.3. The van der Waals surface area contributed by atoms with E-state index in [9.17, 15) is 41.0 Å². The van der Waals surface area contributed by atoms with Gasteiger partial charge in [0.15, 0.2) is 11.6 Å². The fourth-order valence-electron chi connectivity index (χ4n) is 5.47. The molecule has 0 spiro atoms. The number of anilines is 1. The monoisotopic (exact) mass is 744 g/mol. The van der Waals surface area contributed by atoms with Crippen molar-refractivity contribution in [2.45, 2.75) is 38.3 Å². The highest BCUT2D eigenvalue weighted by Crippen LogP contribution is 2.39. The van der Waals surface area contributed by atoms with Crippen molar-refractivity contribution < 1.29 is 59.3 Å². The Kier molecular flexibility index (Phi) is 10.8. The van der Waals surface area contributed by atoms with Crippen LogP contribution >= 0.6 is 0 Å². The molecule has 3 aromatic rings. The number of carbonyl (C=O) groups excluding carboxylic acids is 2. The third kappa shape index (κ3) is 7.95. The van der Waals surface area contributed by atoms with Crippen molar-refractivity contribution in [1.29, 1.82) is 0 Å². The standard InChI is InChI=1S/C33H32F8N6O5/c1-31(2)28(48)25(29(49)44-21-6-5-19(32(36,37)38)14-20(21)22-15-24(33(39,40)41)43-17-42-22)30(50)47(45(31)3)16-18-4-7-23(27(35)26(18)34)52-13-10-46-8-11-51-12-9-46/h4-7,14-15,17,48H,8-13,16H2,1-3H3,(H,44,49). The molecule has 5 rings (SSSR count). The van der Waals surface area contributed by atoms with Crippen LogP contribution in [0.2, 0.25) is 0 Å². The van der Waals surface area contributed by atoms with Gasteiger partial charge >= 0.3 is 12.4 Å². The first kappa shape index (κ1) is 38.4. The van der Waals surface area contributed by atoms with Gasteiger partial charge in [-0.15, -0.1) is 0 Å². The van der Waals surface area contributed by atoms with E-state index in [-0.39, 0.29) is 17.9 Å². The molecule has 19 heteroatoms. The molecule has 2 aromatic carbocycles. The second-order valence-electron chi connectivity index (χ2n) is 12.3. The molecule has 3 heterocycles.